The molecule has 0 spiro atoms. The van der Waals surface area contributed by atoms with E-state index in [4.69, 9.17) is 11.6 Å². The Morgan fingerprint density at radius 1 is 1.35 bits per heavy atom. The highest BCUT2D eigenvalue weighted by Gasteiger charge is 2.17. The van der Waals surface area contributed by atoms with Crippen molar-refractivity contribution in [2.75, 3.05) is 33.3 Å². The number of carbonyl (C=O) groups excluding carboxylic acids is 1. The molecular weight excluding hydrogens is 314 g/mol. The number of amides is 2. The SMILES string of the molecule is CN1CCC(CCNC(=O)NC(CO)c2ccc(Cl)cc2)CC1. The van der Waals surface area contributed by atoms with Crippen molar-refractivity contribution in [3.05, 3.63) is 34.9 Å². The molecule has 0 saturated carbocycles. The van der Waals surface area contributed by atoms with Crippen LogP contribution < -0.4 is 10.6 Å². The zero-order valence-corrected chi connectivity index (χ0v) is 14.4. The van der Waals surface area contributed by atoms with Gasteiger partial charge in [-0.05, 0) is 63.0 Å². The zero-order chi connectivity index (χ0) is 16.7. The van der Waals surface area contributed by atoms with E-state index < -0.39 is 6.04 Å². The molecule has 1 aromatic carbocycles. The maximum Gasteiger partial charge on any atom is 0.315 e. The number of hydrogen-bond donors (Lipinski definition) is 3. The van der Waals surface area contributed by atoms with E-state index in [0.29, 0.717) is 17.5 Å². The molecule has 1 fully saturated rings. The Balaban J connectivity index is 1.71. The topological polar surface area (TPSA) is 64.6 Å². The highest BCUT2D eigenvalue weighted by atomic mass is 35.5. The molecular formula is C17H26ClN3O2. The molecule has 3 N–H and O–H groups in total. The van der Waals surface area contributed by atoms with Crippen molar-refractivity contribution in [1.29, 1.82) is 0 Å². The molecule has 0 radical (unpaired) electrons. The van der Waals surface area contributed by atoms with Gasteiger partial charge in [0, 0.05) is 11.6 Å². The van der Waals surface area contributed by atoms with E-state index in [9.17, 15) is 9.90 Å². The van der Waals surface area contributed by atoms with Gasteiger partial charge in [0.1, 0.15) is 0 Å². The number of nitrogens with zero attached hydrogens (tertiary/aromatic N) is 1. The first kappa shape index (κ1) is 18.0. The van der Waals surface area contributed by atoms with Crippen LogP contribution in [0.5, 0.6) is 0 Å². The summed E-state index contributed by atoms with van der Waals surface area (Å²) in [6.45, 7) is 2.79. The molecule has 5 nitrogen and oxygen atoms in total. The summed E-state index contributed by atoms with van der Waals surface area (Å²) in [5.41, 5.74) is 0.836. The number of urea groups is 1. The van der Waals surface area contributed by atoms with Crippen molar-refractivity contribution >= 4 is 17.6 Å². The van der Waals surface area contributed by atoms with Crippen molar-refractivity contribution in [1.82, 2.24) is 15.5 Å². The first-order chi connectivity index (χ1) is 11.1. The van der Waals surface area contributed by atoms with Crippen molar-refractivity contribution < 1.29 is 9.90 Å². The molecule has 1 saturated heterocycles. The molecule has 1 atom stereocenters. The molecule has 6 heteroatoms. The fraction of sp³-hybridized carbons (Fsp3) is 0.588. The molecule has 1 aliphatic heterocycles. The van der Waals surface area contributed by atoms with Crippen LogP contribution in [-0.2, 0) is 0 Å². The van der Waals surface area contributed by atoms with Crippen LogP contribution in [0.4, 0.5) is 4.79 Å². The van der Waals surface area contributed by atoms with Crippen LogP contribution in [-0.4, -0.2) is 49.3 Å². The smallest absolute Gasteiger partial charge is 0.315 e. The molecule has 2 rings (SSSR count). The fourth-order valence-corrected chi connectivity index (χ4v) is 3.01. The average molecular weight is 340 g/mol. The van der Waals surface area contributed by atoms with Gasteiger partial charge in [-0.25, -0.2) is 4.79 Å². The van der Waals surface area contributed by atoms with Crippen LogP contribution in [0.2, 0.25) is 5.02 Å². The Kier molecular flexibility index (Phi) is 7.15. The normalized spacial score (nSPS) is 17.7. The number of aliphatic hydroxyl groups excluding tert-OH is 1. The predicted molar refractivity (Wildman–Crippen MR) is 92.7 cm³/mol. The molecule has 1 aromatic rings. The standard InChI is InChI=1S/C17H26ClN3O2/c1-21-10-7-13(8-11-21)6-9-19-17(23)20-16(12-22)14-2-4-15(18)5-3-14/h2-5,13,16,22H,6-12H2,1H3,(H2,19,20,23). The van der Waals surface area contributed by atoms with E-state index in [-0.39, 0.29) is 12.6 Å². The van der Waals surface area contributed by atoms with E-state index in [0.717, 1.165) is 25.1 Å². The Bertz CT molecular complexity index is 487. The van der Waals surface area contributed by atoms with Gasteiger partial charge in [-0.3, -0.25) is 0 Å². The number of carbonyl (C=O) groups is 1. The molecule has 23 heavy (non-hydrogen) atoms. The summed E-state index contributed by atoms with van der Waals surface area (Å²) in [5.74, 6) is 0.691. The molecule has 0 aromatic heterocycles. The summed E-state index contributed by atoms with van der Waals surface area (Å²) in [6, 6.07) is 6.45. The Labute approximate surface area is 143 Å². The Morgan fingerprint density at radius 2 is 2.00 bits per heavy atom. The van der Waals surface area contributed by atoms with Gasteiger partial charge < -0.3 is 20.6 Å². The van der Waals surface area contributed by atoms with Crippen molar-refractivity contribution in [2.24, 2.45) is 5.92 Å². The van der Waals surface area contributed by atoms with Gasteiger partial charge in [-0.1, -0.05) is 23.7 Å². The minimum atomic E-state index is -0.421. The number of piperidine rings is 1. The number of halogens is 1. The summed E-state index contributed by atoms with van der Waals surface area (Å²) >= 11 is 5.85. The molecule has 0 bridgehead atoms. The lowest BCUT2D eigenvalue weighted by Gasteiger charge is -2.29. The van der Waals surface area contributed by atoms with E-state index in [1.807, 2.05) is 12.1 Å². The van der Waals surface area contributed by atoms with E-state index in [1.165, 1.54) is 12.8 Å². The highest BCUT2D eigenvalue weighted by Crippen LogP contribution is 2.19. The quantitative estimate of drug-likeness (QED) is 0.745. The minimum Gasteiger partial charge on any atom is -0.394 e. The maximum atomic E-state index is 12.0. The molecule has 0 aliphatic carbocycles. The van der Waals surface area contributed by atoms with Gasteiger partial charge in [0.25, 0.3) is 0 Å². The fourth-order valence-electron chi connectivity index (χ4n) is 2.88. The third-order valence-corrected chi connectivity index (χ3v) is 4.69. The molecule has 2 amide bonds. The van der Waals surface area contributed by atoms with Crippen LogP contribution >= 0.6 is 11.6 Å². The number of benzene rings is 1. The summed E-state index contributed by atoms with van der Waals surface area (Å²) in [6.07, 6.45) is 3.40. The monoisotopic (exact) mass is 339 g/mol. The maximum absolute atomic E-state index is 12.0. The Hall–Kier alpha value is -1.30. The summed E-state index contributed by atoms with van der Waals surface area (Å²) in [4.78, 5) is 14.3. The van der Waals surface area contributed by atoms with Gasteiger partial charge in [-0.15, -0.1) is 0 Å². The second-order valence-corrected chi connectivity index (χ2v) is 6.66. The van der Waals surface area contributed by atoms with Crippen LogP contribution in [0, 0.1) is 5.92 Å². The van der Waals surface area contributed by atoms with Gasteiger partial charge in [-0.2, -0.15) is 0 Å². The molecule has 1 aliphatic rings. The van der Waals surface area contributed by atoms with Crippen molar-refractivity contribution in [2.45, 2.75) is 25.3 Å². The average Bonchev–Trinajstić information content (AvgIpc) is 2.55. The second kappa shape index (κ2) is 9.11. The molecule has 128 valence electrons. The number of nitrogens with one attached hydrogen (secondary N) is 2. The number of aliphatic hydroxyl groups is 1. The largest absolute Gasteiger partial charge is 0.394 e. The first-order valence-corrected chi connectivity index (χ1v) is 8.55. The number of likely N-dealkylation sites (tertiary alicyclic amines) is 1. The second-order valence-electron chi connectivity index (χ2n) is 6.22. The van der Waals surface area contributed by atoms with E-state index in [2.05, 4.69) is 22.6 Å². The van der Waals surface area contributed by atoms with Crippen LogP contribution in [0.1, 0.15) is 30.9 Å². The third-order valence-electron chi connectivity index (χ3n) is 4.44. The molecule has 1 heterocycles. The summed E-state index contributed by atoms with van der Waals surface area (Å²) < 4.78 is 0. The zero-order valence-electron chi connectivity index (χ0n) is 13.6. The summed E-state index contributed by atoms with van der Waals surface area (Å²) in [5, 5.41) is 15.8. The third kappa shape index (κ3) is 6.01. The van der Waals surface area contributed by atoms with Crippen LogP contribution in [0.25, 0.3) is 0 Å². The van der Waals surface area contributed by atoms with Gasteiger partial charge >= 0.3 is 6.03 Å². The summed E-state index contributed by atoms with van der Waals surface area (Å²) in [7, 11) is 2.15. The molecule has 1 unspecified atom stereocenters. The van der Waals surface area contributed by atoms with Crippen LogP contribution in [0.15, 0.2) is 24.3 Å². The first-order valence-electron chi connectivity index (χ1n) is 8.17. The number of rotatable bonds is 6. The highest BCUT2D eigenvalue weighted by molar-refractivity contribution is 6.30. The lowest BCUT2D eigenvalue weighted by atomic mass is 9.94. The predicted octanol–water partition coefficient (Wildman–Crippen LogP) is 2.40. The van der Waals surface area contributed by atoms with Gasteiger partial charge in [0.15, 0.2) is 0 Å². The lowest BCUT2D eigenvalue weighted by Crippen LogP contribution is -2.40. The van der Waals surface area contributed by atoms with Gasteiger partial charge in [0.2, 0.25) is 0 Å². The Morgan fingerprint density at radius 3 is 2.61 bits per heavy atom. The van der Waals surface area contributed by atoms with Crippen molar-refractivity contribution in [3.63, 3.8) is 0 Å². The van der Waals surface area contributed by atoms with Crippen LogP contribution in [0.3, 0.4) is 0 Å². The minimum absolute atomic E-state index is 0.149. The van der Waals surface area contributed by atoms with Gasteiger partial charge in [0.05, 0.1) is 12.6 Å². The van der Waals surface area contributed by atoms with Crippen molar-refractivity contribution in [3.8, 4) is 0 Å². The lowest BCUT2D eigenvalue weighted by molar-refractivity contribution is 0.205. The van der Waals surface area contributed by atoms with E-state index >= 15 is 0 Å². The number of hydrogen-bond acceptors (Lipinski definition) is 3. The van der Waals surface area contributed by atoms with E-state index in [1.54, 1.807) is 12.1 Å².